The van der Waals surface area contributed by atoms with Crippen molar-refractivity contribution >= 4 is 12.1 Å². The summed E-state index contributed by atoms with van der Waals surface area (Å²) in [6.07, 6.45) is 0.728. The number of anilines is 1. The fourth-order valence-corrected chi connectivity index (χ4v) is 1.88. The third-order valence-electron chi connectivity index (χ3n) is 2.85. The third-order valence-corrected chi connectivity index (χ3v) is 2.85. The van der Waals surface area contributed by atoms with Gasteiger partial charge in [0, 0.05) is 5.56 Å². The predicted molar refractivity (Wildman–Crippen MR) is 72.2 cm³/mol. The molecule has 1 aromatic carbocycles. The van der Waals surface area contributed by atoms with Gasteiger partial charge < -0.3 is 20.3 Å². The van der Waals surface area contributed by atoms with Crippen LogP contribution in [0.5, 0.6) is 5.75 Å². The van der Waals surface area contributed by atoms with Gasteiger partial charge in [-0.2, -0.15) is 0 Å². The molecular formula is C13H22N3O2+. The molecule has 0 saturated carbocycles. The highest BCUT2D eigenvalue weighted by molar-refractivity contribution is 5.54. The van der Waals surface area contributed by atoms with E-state index in [-0.39, 0.29) is 0 Å². The second kappa shape index (κ2) is 6.26. The minimum absolute atomic E-state index is 0.654. The van der Waals surface area contributed by atoms with Gasteiger partial charge in [-0.3, -0.25) is 4.79 Å². The Morgan fingerprint density at radius 1 is 1.44 bits per heavy atom. The third kappa shape index (κ3) is 4.25. The number of nitrogens with zero attached hydrogens (tertiary/aromatic N) is 1. The quantitative estimate of drug-likeness (QED) is 0.323. The lowest BCUT2D eigenvalue weighted by Gasteiger charge is -2.29. The Morgan fingerprint density at radius 3 is 2.72 bits per heavy atom. The molecule has 1 amide bonds. The number of nitrogens with two attached hydrogens (primary N) is 1. The van der Waals surface area contributed by atoms with E-state index < -0.39 is 0 Å². The molecule has 5 heteroatoms. The predicted octanol–water partition coefficient (Wildman–Crippen LogP) is 0.600. The van der Waals surface area contributed by atoms with E-state index in [9.17, 15) is 4.79 Å². The Bertz CT molecular complexity index is 405. The van der Waals surface area contributed by atoms with Crippen molar-refractivity contribution in [1.82, 2.24) is 5.32 Å². The number of amides is 1. The Morgan fingerprint density at radius 2 is 2.17 bits per heavy atom. The van der Waals surface area contributed by atoms with Crippen LogP contribution in [0.1, 0.15) is 5.56 Å². The fraction of sp³-hybridized carbons (Fsp3) is 0.462. The largest absolute Gasteiger partial charge is 0.495 e. The first kappa shape index (κ1) is 14.3. The van der Waals surface area contributed by atoms with Gasteiger partial charge in [-0.1, -0.05) is 0 Å². The van der Waals surface area contributed by atoms with Crippen molar-refractivity contribution in [3.05, 3.63) is 23.8 Å². The van der Waals surface area contributed by atoms with E-state index in [0.717, 1.165) is 29.5 Å². The van der Waals surface area contributed by atoms with Gasteiger partial charge in [0.25, 0.3) is 0 Å². The maximum Gasteiger partial charge on any atom is 0.207 e. The van der Waals surface area contributed by atoms with Crippen LogP contribution in [0.15, 0.2) is 18.2 Å². The molecule has 1 rings (SSSR count). The zero-order valence-electron chi connectivity index (χ0n) is 11.3. The SMILES string of the molecule is COc1ccc(C[N+](C)(C)CCNC=O)cc1N. The highest BCUT2D eigenvalue weighted by Gasteiger charge is 2.16. The lowest BCUT2D eigenvalue weighted by atomic mass is 10.1. The van der Waals surface area contributed by atoms with Gasteiger partial charge in [0.1, 0.15) is 12.3 Å². The van der Waals surface area contributed by atoms with Crippen LogP contribution in [0.2, 0.25) is 0 Å². The number of rotatable bonds is 7. The standard InChI is InChI=1S/C13H21N3O2/c1-16(2,7-6-15-10-17)9-11-4-5-13(18-3)12(14)8-11/h4-5,8,10H,6-7,9,14H2,1-3H3/p+1. The Hall–Kier alpha value is -1.75. The first-order valence-corrected chi connectivity index (χ1v) is 5.90. The molecule has 0 atom stereocenters. The average molecular weight is 252 g/mol. The molecule has 1 aromatic rings. The molecule has 0 unspecified atom stereocenters. The maximum atomic E-state index is 10.2. The molecule has 3 N–H and O–H groups in total. The van der Waals surface area contributed by atoms with Gasteiger partial charge in [0.2, 0.25) is 6.41 Å². The van der Waals surface area contributed by atoms with Crippen molar-refractivity contribution in [3.63, 3.8) is 0 Å². The molecule has 0 aromatic heterocycles. The number of likely N-dealkylation sites (N-methyl/N-ethyl adjacent to an activating group) is 1. The van der Waals surface area contributed by atoms with Crippen LogP contribution in [-0.4, -0.2) is 45.2 Å². The minimum atomic E-state index is 0.654. The molecule has 0 spiro atoms. The van der Waals surface area contributed by atoms with Gasteiger partial charge in [-0.25, -0.2) is 0 Å². The molecule has 100 valence electrons. The Kier molecular flexibility index (Phi) is 4.97. The second-order valence-electron chi connectivity index (χ2n) is 4.97. The number of nitrogen functional groups attached to an aromatic ring is 1. The first-order chi connectivity index (χ1) is 8.48. The minimum Gasteiger partial charge on any atom is -0.495 e. The number of carbonyl (C=O) groups is 1. The van der Waals surface area contributed by atoms with Crippen LogP contribution in [0.3, 0.4) is 0 Å². The topological polar surface area (TPSA) is 64.3 Å². The summed E-state index contributed by atoms with van der Waals surface area (Å²) in [5, 5.41) is 2.68. The van der Waals surface area contributed by atoms with Crippen molar-refractivity contribution in [2.45, 2.75) is 6.54 Å². The molecule has 0 bridgehead atoms. The van der Waals surface area contributed by atoms with Crippen LogP contribution in [0, 0.1) is 0 Å². The molecule has 0 heterocycles. The number of hydrogen-bond donors (Lipinski definition) is 2. The summed E-state index contributed by atoms with van der Waals surface area (Å²) in [7, 11) is 5.84. The van der Waals surface area contributed by atoms with Crippen molar-refractivity contribution in [2.24, 2.45) is 0 Å². The number of carbonyl (C=O) groups excluding carboxylic acids is 1. The zero-order chi connectivity index (χ0) is 13.6. The van der Waals surface area contributed by atoms with Gasteiger partial charge in [-0.05, 0) is 18.2 Å². The lowest BCUT2D eigenvalue weighted by Crippen LogP contribution is -2.43. The fourth-order valence-electron chi connectivity index (χ4n) is 1.88. The number of methoxy groups -OCH3 is 1. The normalized spacial score (nSPS) is 11.1. The summed E-state index contributed by atoms with van der Waals surface area (Å²) in [5.41, 5.74) is 7.69. The number of hydrogen-bond acceptors (Lipinski definition) is 3. The number of benzene rings is 1. The zero-order valence-corrected chi connectivity index (χ0v) is 11.3. The number of quaternary nitrogens is 1. The first-order valence-electron chi connectivity index (χ1n) is 5.90. The smallest absolute Gasteiger partial charge is 0.207 e. The van der Waals surface area contributed by atoms with Crippen LogP contribution in [0.4, 0.5) is 5.69 Å². The molecule has 18 heavy (non-hydrogen) atoms. The molecule has 0 radical (unpaired) electrons. The van der Waals surface area contributed by atoms with Crippen LogP contribution < -0.4 is 15.8 Å². The number of nitrogens with one attached hydrogen (secondary N) is 1. The lowest BCUT2D eigenvalue weighted by molar-refractivity contribution is -0.902. The average Bonchev–Trinajstić information content (AvgIpc) is 2.29. The molecule has 0 saturated heterocycles. The molecule has 0 aliphatic carbocycles. The molecule has 5 nitrogen and oxygen atoms in total. The van der Waals surface area contributed by atoms with Gasteiger partial charge in [0.05, 0.1) is 40.0 Å². The summed E-state index contributed by atoms with van der Waals surface area (Å²) in [6.45, 7) is 2.39. The van der Waals surface area contributed by atoms with Crippen molar-refractivity contribution in [3.8, 4) is 5.75 Å². The van der Waals surface area contributed by atoms with Crippen LogP contribution >= 0.6 is 0 Å². The van der Waals surface area contributed by atoms with Gasteiger partial charge in [0.15, 0.2) is 0 Å². The van der Waals surface area contributed by atoms with Crippen molar-refractivity contribution < 1.29 is 14.0 Å². The van der Waals surface area contributed by atoms with E-state index in [2.05, 4.69) is 19.4 Å². The van der Waals surface area contributed by atoms with E-state index >= 15 is 0 Å². The highest BCUT2D eigenvalue weighted by atomic mass is 16.5. The highest BCUT2D eigenvalue weighted by Crippen LogP contribution is 2.23. The summed E-state index contributed by atoms with van der Waals surface area (Å²) in [5.74, 6) is 0.701. The van der Waals surface area contributed by atoms with Gasteiger partial charge >= 0.3 is 0 Å². The molecule has 0 aliphatic rings. The van der Waals surface area contributed by atoms with E-state index in [0.29, 0.717) is 18.0 Å². The van der Waals surface area contributed by atoms with Crippen LogP contribution in [0.25, 0.3) is 0 Å². The summed E-state index contributed by atoms with van der Waals surface area (Å²) in [6, 6.07) is 5.84. The Balaban J connectivity index is 2.65. The summed E-state index contributed by atoms with van der Waals surface area (Å²) < 4.78 is 5.91. The second-order valence-corrected chi connectivity index (χ2v) is 4.97. The molecule has 0 fully saturated rings. The van der Waals surface area contributed by atoms with E-state index in [1.54, 1.807) is 7.11 Å². The maximum absolute atomic E-state index is 10.2. The number of ether oxygens (including phenoxy) is 1. The van der Waals surface area contributed by atoms with E-state index in [4.69, 9.17) is 10.5 Å². The van der Waals surface area contributed by atoms with Crippen molar-refractivity contribution in [1.29, 1.82) is 0 Å². The Labute approximate surface area is 108 Å². The van der Waals surface area contributed by atoms with Gasteiger partial charge in [-0.15, -0.1) is 0 Å². The summed E-state index contributed by atoms with van der Waals surface area (Å²) in [4.78, 5) is 10.2. The van der Waals surface area contributed by atoms with E-state index in [1.807, 2.05) is 18.2 Å². The molecule has 0 aliphatic heterocycles. The summed E-state index contributed by atoms with van der Waals surface area (Å²) >= 11 is 0. The molecular weight excluding hydrogens is 230 g/mol. The van der Waals surface area contributed by atoms with Crippen molar-refractivity contribution in [2.75, 3.05) is 40.0 Å². The van der Waals surface area contributed by atoms with Crippen LogP contribution in [-0.2, 0) is 11.3 Å². The monoisotopic (exact) mass is 252 g/mol. The van der Waals surface area contributed by atoms with E-state index in [1.165, 1.54) is 0 Å².